The number of nitrogens with zero attached hydrogens (tertiary/aromatic N) is 1. The van der Waals surface area contributed by atoms with Crippen molar-refractivity contribution in [3.8, 4) is 0 Å². The Morgan fingerprint density at radius 2 is 2.19 bits per heavy atom. The topological polar surface area (TPSA) is 106 Å². The van der Waals surface area contributed by atoms with Crippen LogP contribution in [0.4, 0.5) is 5.69 Å². The van der Waals surface area contributed by atoms with Crippen LogP contribution in [0.5, 0.6) is 0 Å². The van der Waals surface area contributed by atoms with Gasteiger partial charge in [-0.05, 0) is 18.6 Å². The number of esters is 1. The first-order chi connectivity index (χ1) is 7.47. The Bertz CT molecular complexity index is 394. The number of aryl methyl sites for hydroxylation is 1. The van der Waals surface area contributed by atoms with Gasteiger partial charge in [0.05, 0.1) is 24.7 Å². The average Bonchev–Trinajstić information content (AvgIpc) is 2.26. The van der Waals surface area contributed by atoms with Gasteiger partial charge in [0.25, 0.3) is 0 Å². The quantitative estimate of drug-likeness (QED) is 0.602. The second kappa shape index (κ2) is 4.91. The lowest BCUT2D eigenvalue weighted by Gasteiger charge is -2.16. The van der Waals surface area contributed by atoms with Crippen LogP contribution in [0.15, 0.2) is 12.3 Å². The summed E-state index contributed by atoms with van der Waals surface area (Å²) >= 11 is 0. The van der Waals surface area contributed by atoms with Crippen molar-refractivity contribution in [3.05, 3.63) is 23.5 Å². The molecule has 6 nitrogen and oxygen atoms in total. The van der Waals surface area contributed by atoms with Crippen molar-refractivity contribution in [1.82, 2.24) is 4.98 Å². The van der Waals surface area contributed by atoms with Crippen molar-refractivity contribution in [2.45, 2.75) is 19.1 Å². The lowest BCUT2D eigenvalue weighted by molar-refractivity contribution is -0.157. The van der Waals surface area contributed by atoms with E-state index in [1.807, 2.05) is 0 Å². The summed E-state index contributed by atoms with van der Waals surface area (Å²) < 4.78 is 4.32. The van der Waals surface area contributed by atoms with Gasteiger partial charge in [0.2, 0.25) is 0 Å². The molecule has 0 saturated carbocycles. The highest BCUT2D eigenvalue weighted by Gasteiger charge is 2.28. The summed E-state index contributed by atoms with van der Waals surface area (Å²) in [5.41, 5.74) is 6.73. The third kappa shape index (κ3) is 2.47. The highest BCUT2D eigenvalue weighted by Crippen LogP contribution is 2.20. The average molecular weight is 226 g/mol. The fourth-order valence-corrected chi connectivity index (χ4v) is 1.32. The molecule has 1 rings (SSSR count). The third-order valence-electron chi connectivity index (χ3n) is 2.16. The summed E-state index contributed by atoms with van der Waals surface area (Å²) in [5.74, 6) is -0.912. The van der Waals surface area contributed by atoms with E-state index < -0.39 is 18.2 Å². The van der Waals surface area contributed by atoms with Gasteiger partial charge in [-0.25, -0.2) is 4.79 Å². The van der Waals surface area contributed by atoms with Crippen LogP contribution in [-0.2, 0) is 9.53 Å². The maximum atomic E-state index is 11.0. The van der Waals surface area contributed by atoms with Gasteiger partial charge in [0.15, 0.2) is 6.10 Å². The van der Waals surface area contributed by atoms with E-state index in [4.69, 9.17) is 5.73 Å². The fraction of sp³-hybridized carbons (Fsp3) is 0.400. The van der Waals surface area contributed by atoms with E-state index in [-0.39, 0.29) is 5.69 Å². The molecule has 6 heteroatoms. The molecule has 0 amide bonds. The van der Waals surface area contributed by atoms with Gasteiger partial charge >= 0.3 is 5.97 Å². The number of rotatable bonds is 3. The number of nitrogens with two attached hydrogens (primary N) is 1. The zero-order valence-corrected chi connectivity index (χ0v) is 9.04. The molecule has 0 bridgehead atoms. The van der Waals surface area contributed by atoms with E-state index in [2.05, 4.69) is 9.72 Å². The fourth-order valence-electron chi connectivity index (χ4n) is 1.32. The van der Waals surface area contributed by atoms with Crippen molar-refractivity contribution in [2.24, 2.45) is 0 Å². The number of carbonyl (C=O) groups is 1. The van der Waals surface area contributed by atoms with Gasteiger partial charge < -0.3 is 20.7 Å². The molecular weight excluding hydrogens is 212 g/mol. The molecule has 0 aromatic carbocycles. The number of hydrogen-bond donors (Lipinski definition) is 3. The molecule has 1 aromatic heterocycles. The largest absolute Gasteiger partial charge is 0.467 e. The summed E-state index contributed by atoms with van der Waals surface area (Å²) in [4.78, 5) is 14.9. The zero-order valence-electron chi connectivity index (χ0n) is 9.04. The molecule has 0 aliphatic carbocycles. The van der Waals surface area contributed by atoms with E-state index in [0.29, 0.717) is 11.3 Å². The number of carbonyl (C=O) groups excluding carboxylic acids is 1. The highest BCUT2D eigenvalue weighted by atomic mass is 16.5. The standard InChI is InChI=1S/C10H14N2O4/c1-5-3-6(11)4-12-7(5)8(13)9(14)10(15)16-2/h3-4,8-9,13-14H,11H2,1-2H3. The van der Waals surface area contributed by atoms with Crippen LogP contribution in [0.3, 0.4) is 0 Å². The summed E-state index contributed by atoms with van der Waals surface area (Å²) in [6.45, 7) is 1.67. The minimum absolute atomic E-state index is 0.201. The van der Waals surface area contributed by atoms with Gasteiger partial charge in [-0.15, -0.1) is 0 Å². The molecule has 0 spiro atoms. The normalized spacial score (nSPS) is 14.2. The smallest absolute Gasteiger partial charge is 0.337 e. The first-order valence-corrected chi connectivity index (χ1v) is 4.63. The van der Waals surface area contributed by atoms with Crippen LogP contribution >= 0.6 is 0 Å². The Morgan fingerprint density at radius 3 is 2.69 bits per heavy atom. The molecular formula is C10H14N2O4. The predicted octanol–water partition coefficient (Wildman–Crippen LogP) is -0.460. The second-order valence-corrected chi connectivity index (χ2v) is 3.38. The zero-order chi connectivity index (χ0) is 12.3. The monoisotopic (exact) mass is 226 g/mol. The minimum atomic E-state index is -1.65. The lowest BCUT2D eigenvalue weighted by atomic mass is 10.1. The van der Waals surface area contributed by atoms with E-state index in [0.717, 1.165) is 7.11 Å². The van der Waals surface area contributed by atoms with Crippen molar-refractivity contribution >= 4 is 11.7 Å². The van der Waals surface area contributed by atoms with Gasteiger partial charge in [-0.3, -0.25) is 4.98 Å². The molecule has 0 aliphatic rings. The number of pyridine rings is 1. The molecule has 1 heterocycles. The molecule has 88 valence electrons. The van der Waals surface area contributed by atoms with E-state index in [1.165, 1.54) is 6.20 Å². The maximum absolute atomic E-state index is 11.0. The summed E-state index contributed by atoms with van der Waals surface area (Å²) in [7, 11) is 1.13. The molecule has 2 atom stereocenters. The van der Waals surface area contributed by atoms with Crippen molar-refractivity contribution < 1.29 is 19.7 Å². The van der Waals surface area contributed by atoms with Crippen LogP contribution < -0.4 is 5.73 Å². The SMILES string of the molecule is COC(=O)C(O)C(O)c1ncc(N)cc1C. The first kappa shape index (κ1) is 12.4. The summed E-state index contributed by atoms with van der Waals surface area (Å²) in [5, 5.41) is 19.1. The number of methoxy groups -OCH3 is 1. The number of aromatic nitrogens is 1. The summed E-state index contributed by atoms with van der Waals surface area (Å²) in [6.07, 6.45) is -1.73. The number of ether oxygens (including phenoxy) is 1. The molecule has 0 fully saturated rings. The van der Waals surface area contributed by atoms with Crippen molar-refractivity contribution in [3.63, 3.8) is 0 Å². The lowest BCUT2D eigenvalue weighted by Crippen LogP contribution is -2.30. The molecule has 2 unspecified atom stereocenters. The molecule has 0 radical (unpaired) electrons. The first-order valence-electron chi connectivity index (χ1n) is 4.63. The Morgan fingerprint density at radius 1 is 1.56 bits per heavy atom. The maximum Gasteiger partial charge on any atom is 0.337 e. The van der Waals surface area contributed by atoms with Crippen molar-refractivity contribution in [2.75, 3.05) is 12.8 Å². The van der Waals surface area contributed by atoms with Crippen LogP contribution in [-0.4, -0.2) is 34.4 Å². The highest BCUT2D eigenvalue weighted by molar-refractivity contribution is 5.75. The minimum Gasteiger partial charge on any atom is -0.467 e. The molecule has 0 saturated heterocycles. The second-order valence-electron chi connectivity index (χ2n) is 3.38. The van der Waals surface area contributed by atoms with Gasteiger partial charge in [-0.1, -0.05) is 0 Å². The molecule has 1 aromatic rings. The Hall–Kier alpha value is -1.66. The summed E-state index contributed by atoms with van der Waals surface area (Å²) in [6, 6.07) is 1.59. The number of anilines is 1. The Balaban J connectivity index is 2.96. The Kier molecular flexibility index (Phi) is 3.81. The van der Waals surface area contributed by atoms with Gasteiger partial charge in [0, 0.05) is 0 Å². The number of aliphatic hydroxyl groups excluding tert-OH is 2. The molecule has 0 aliphatic heterocycles. The van der Waals surface area contributed by atoms with Crippen LogP contribution in [0.25, 0.3) is 0 Å². The molecule has 4 N–H and O–H groups in total. The van der Waals surface area contributed by atoms with Crippen LogP contribution in [0.1, 0.15) is 17.4 Å². The van der Waals surface area contributed by atoms with E-state index >= 15 is 0 Å². The van der Waals surface area contributed by atoms with Crippen LogP contribution in [0, 0.1) is 6.92 Å². The Labute approximate surface area is 92.7 Å². The number of hydrogen-bond acceptors (Lipinski definition) is 6. The van der Waals surface area contributed by atoms with Gasteiger partial charge in [-0.2, -0.15) is 0 Å². The van der Waals surface area contributed by atoms with E-state index in [9.17, 15) is 15.0 Å². The van der Waals surface area contributed by atoms with Crippen molar-refractivity contribution in [1.29, 1.82) is 0 Å². The molecule has 16 heavy (non-hydrogen) atoms. The number of nitrogen functional groups attached to an aromatic ring is 1. The third-order valence-corrected chi connectivity index (χ3v) is 2.16. The number of aliphatic hydroxyl groups is 2. The predicted molar refractivity (Wildman–Crippen MR) is 56.4 cm³/mol. The van der Waals surface area contributed by atoms with Crippen LogP contribution in [0.2, 0.25) is 0 Å². The van der Waals surface area contributed by atoms with E-state index in [1.54, 1.807) is 13.0 Å². The van der Waals surface area contributed by atoms with Gasteiger partial charge in [0.1, 0.15) is 6.10 Å².